The third-order valence-corrected chi connectivity index (χ3v) is 4.85. The molecule has 0 radical (unpaired) electrons. The summed E-state index contributed by atoms with van der Waals surface area (Å²) in [5, 5.41) is 2.08. The van der Waals surface area contributed by atoms with Crippen LogP contribution in [0.2, 0.25) is 0 Å². The second-order valence-corrected chi connectivity index (χ2v) is 6.85. The van der Waals surface area contributed by atoms with Crippen LogP contribution in [0.3, 0.4) is 0 Å². The van der Waals surface area contributed by atoms with Gasteiger partial charge in [0.25, 0.3) is 0 Å². The zero-order valence-corrected chi connectivity index (χ0v) is 18.2. The van der Waals surface area contributed by atoms with Gasteiger partial charge in [-0.05, 0) is 73.5 Å². The zero-order valence-electron chi connectivity index (χ0n) is 18.2. The van der Waals surface area contributed by atoms with Gasteiger partial charge in [0.15, 0.2) is 0 Å². The largest absolute Gasteiger partial charge is 0.497 e. The number of fused-ring (bicyclic) bond motifs is 2. The van der Waals surface area contributed by atoms with Gasteiger partial charge in [0, 0.05) is 23.2 Å². The molecule has 0 fully saturated rings. The van der Waals surface area contributed by atoms with Crippen molar-refractivity contribution in [2.45, 2.75) is 20.3 Å². The van der Waals surface area contributed by atoms with E-state index in [1.807, 2.05) is 54.7 Å². The van der Waals surface area contributed by atoms with Gasteiger partial charge in [0.05, 0.1) is 38.3 Å². The Kier molecular flexibility index (Phi) is 7.38. The minimum Gasteiger partial charge on any atom is -0.497 e. The third kappa shape index (κ3) is 5.48. The van der Waals surface area contributed by atoms with E-state index in [1.165, 1.54) is 5.56 Å². The van der Waals surface area contributed by atoms with E-state index < -0.39 is 0 Å². The van der Waals surface area contributed by atoms with E-state index in [9.17, 15) is 4.79 Å². The van der Waals surface area contributed by atoms with Crippen LogP contribution in [0.5, 0.6) is 11.5 Å². The Morgan fingerprint density at radius 2 is 1.42 bits per heavy atom. The summed E-state index contributed by atoms with van der Waals surface area (Å²) in [6.07, 6.45) is 3.77. The number of hydrogen-bond donors (Lipinski definition) is 0. The molecule has 0 aliphatic rings. The smallest absolute Gasteiger partial charge is 0.310 e. The molecule has 6 heteroatoms. The van der Waals surface area contributed by atoms with Gasteiger partial charge in [-0.1, -0.05) is 0 Å². The Bertz CT molecular complexity index is 1190. The van der Waals surface area contributed by atoms with Crippen LogP contribution in [-0.2, 0) is 16.0 Å². The molecular formula is C25H26N2O4. The Hall–Kier alpha value is -3.67. The number of esters is 1. The molecule has 2 aromatic heterocycles. The molecule has 6 nitrogen and oxygen atoms in total. The van der Waals surface area contributed by atoms with Crippen molar-refractivity contribution in [3.63, 3.8) is 0 Å². The van der Waals surface area contributed by atoms with E-state index in [1.54, 1.807) is 27.3 Å². The average Bonchev–Trinajstić information content (AvgIpc) is 2.79. The van der Waals surface area contributed by atoms with Gasteiger partial charge in [-0.2, -0.15) is 0 Å². The number of nitrogens with zero attached hydrogens (tertiary/aromatic N) is 2. The van der Waals surface area contributed by atoms with E-state index in [0.717, 1.165) is 38.9 Å². The van der Waals surface area contributed by atoms with Crippen LogP contribution in [0.4, 0.5) is 0 Å². The van der Waals surface area contributed by atoms with Gasteiger partial charge in [-0.15, -0.1) is 0 Å². The molecule has 0 spiro atoms. The summed E-state index contributed by atoms with van der Waals surface area (Å²) in [4.78, 5) is 20.1. The van der Waals surface area contributed by atoms with Crippen LogP contribution in [-0.4, -0.2) is 36.8 Å². The van der Waals surface area contributed by atoms with Crippen molar-refractivity contribution in [1.82, 2.24) is 9.97 Å². The minimum absolute atomic E-state index is 0.229. The molecular weight excluding hydrogens is 392 g/mol. The highest BCUT2D eigenvalue weighted by atomic mass is 16.5. The molecule has 0 bridgehead atoms. The lowest BCUT2D eigenvalue weighted by Crippen LogP contribution is -2.08. The number of rotatable bonds is 5. The van der Waals surface area contributed by atoms with E-state index in [4.69, 9.17) is 14.2 Å². The second kappa shape index (κ2) is 10.4. The lowest BCUT2D eigenvalue weighted by atomic mass is 10.1. The monoisotopic (exact) mass is 418 g/mol. The molecule has 4 aromatic rings. The number of ether oxygens (including phenoxy) is 3. The van der Waals surface area contributed by atoms with Crippen LogP contribution in [0, 0.1) is 6.92 Å². The molecule has 0 aliphatic heterocycles. The molecule has 4 rings (SSSR count). The highest BCUT2D eigenvalue weighted by Crippen LogP contribution is 2.23. The normalized spacial score (nSPS) is 10.3. The summed E-state index contributed by atoms with van der Waals surface area (Å²) in [5.74, 6) is 1.40. The SMILES string of the molecule is CCOC(=O)Cc1ccnc2ccc(OC)cc12.COc1ccc2nccc(C)c2c1. The highest BCUT2D eigenvalue weighted by molar-refractivity contribution is 5.87. The zero-order chi connectivity index (χ0) is 22.2. The first-order valence-electron chi connectivity index (χ1n) is 10.0. The average molecular weight is 418 g/mol. The molecule has 0 saturated carbocycles. The quantitative estimate of drug-likeness (QED) is 0.429. The Morgan fingerprint density at radius 1 is 0.839 bits per heavy atom. The van der Waals surface area contributed by atoms with E-state index in [-0.39, 0.29) is 12.4 Å². The summed E-state index contributed by atoms with van der Waals surface area (Å²) >= 11 is 0. The van der Waals surface area contributed by atoms with Crippen molar-refractivity contribution < 1.29 is 19.0 Å². The molecule has 0 atom stereocenters. The summed E-state index contributed by atoms with van der Waals surface area (Å²) in [6.45, 7) is 4.26. The van der Waals surface area contributed by atoms with E-state index in [2.05, 4.69) is 16.9 Å². The number of methoxy groups -OCH3 is 2. The summed E-state index contributed by atoms with van der Waals surface area (Å²) in [6, 6.07) is 15.4. The van der Waals surface area contributed by atoms with Crippen molar-refractivity contribution in [3.8, 4) is 11.5 Å². The van der Waals surface area contributed by atoms with Gasteiger partial charge in [0.1, 0.15) is 11.5 Å². The summed E-state index contributed by atoms with van der Waals surface area (Å²) < 4.78 is 15.3. The summed E-state index contributed by atoms with van der Waals surface area (Å²) in [7, 11) is 3.29. The predicted molar refractivity (Wildman–Crippen MR) is 122 cm³/mol. The first kappa shape index (κ1) is 22.0. The number of benzene rings is 2. The van der Waals surface area contributed by atoms with Gasteiger partial charge in [0.2, 0.25) is 0 Å². The lowest BCUT2D eigenvalue weighted by molar-refractivity contribution is -0.142. The number of pyridine rings is 2. The fourth-order valence-electron chi connectivity index (χ4n) is 3.22. The van der Waals surface area contributed by atoms with Gasteiger partial charge >= 0.3 is 5.97 Å². The minimum atomic E-state index is -0.229. The van der Waals surface area contributed by atoms with Crippen LogP contribution in [0.25, 0.3) is 21.8 Å². The fourth-order valence-corrected chi connectivity index (χ4v) is 3.22. The van der Waals surface area contributed by atoms with Crippen LogP contribution in [0.1, 0.15) is 18.1 Å². The fraction of sp³-hybridized carbons (Fsp3) is 0.240. The lowest BCUT2D eigenvalue weighted by Gasteiger charge is -2.07. The van der Waals surface area contributed by atoms with Crippen LogP contribution < -0.4 is 9.47 Å². The molecule has 2 heterocycles. The Morgan fingerprint density at radius 3 is 2.03 bits per heavy atom. The van der Waals surface area contributed by atoms with E-state index >= 15 is 0 Å². The maximum atomic E-state index is 11.5. The topological polar surface area (TPSA) is 70.5 Å². The van der Waals surface area contributed by atoms with Gasteiger partial charge in [-0.3, -0.25) is 14.8 Å². The first-order chi connectivity index (χ1) is 15.0. The molecule has 0 saturated heterocycles. The molecule has 160 valence electrons. The second-order valence-electron chi connectivity index (χ2n) is 6.85. The molecule has 2 aromatic carbocycles. The third-order valence-electron chi connectivity index (χ3n) is 4.85. The van der Waals surface area contributed by atoms with Crippen molar-refractivity contribution >= 4 is 27.8 Å². The maximum absolute atomic E-state index is 11.5. The summed E-state index contributed by atoms with van der Waals surface area (Å²) in [5.41, 5.74) is 3.99. The standard InChI is InChI=1S/C14H15NO3.C11H11NO/c1-3-18-14(16)8-10-6-7-15-13-5-4-11(17-2)9-12(10)13;1-8-5-6-12-11-4-3-9(13-2)7-10(8)11/h4-7,9H,3,8H2,1-2H3;3-7H,1-2H3. The van der Waals surface area contributed by atoms with Crippen molar-refractivity contribution in [2.75, 3.05) is 20.8 Å². The predicted octanol–water partition coefficient (Wildman–Crippen LogP) is 4.90. The molecule has 0 unspecified atom stereocenters. The van der Waals surface area contributed by atoms with Crippen molar-refractivity contribution in [1.29, 1.82) is 0 Å². The Balaban J connectivity index is 0.000000185. The Labute approximate surface area is 181 Å². The number of hydrogen-bond acceptors (Lipinski definition) is 6. The number of aromatic nitrogens is 2. The highest BCUT2D eigenvalue weighted by Gasteiger charge is 2.09. The van der Waals surface area contributed by atoms with Crippen molar-refractivity contribution in [3.05, 3.63) is 72.1 Å². The maximum Gasteiger partial charge on any atom is 0.310 e. The van der Waals surface area contributed by atoms with Crippen LogP contribution >= 0.6 is 0 Å². The molecule has 0 N–H and O–H groups in total. The number of carbonyl (C=O) groups is 1. The molecule has 0 amide bonds. The molecule has 31 heavy (non-hydrogen) atoms. The van der Waals surface area contributed by atoms with E-state index in [0.29, 0.717) is 6.61 Å². The number of aryl methyl sites for hydroxylation is 1. The first-order valence-corrected chi connectivity index (χ1v) is 10.0. The van der Waals surface area contributed by atoms with Crippen molar-refractivity contribution in [2.24, 2.45) is 0 Å². The number of carbonyl (C=O) groups excluding carboxylic acids is 1. The van der Waals surface area contributed by atoms with Gasteiger partial charge < -0.3 is 14.2 Å². The van der Waals surface area contributed by atoms with Gasteiger partial charge in [-0.25, -0.2) is 0 Å². The van der Waals surface area contributed by atoms with Crippen LogP contribution in [0.15, 0.2) is 60.9 Å². The molecule has 0 aliphatic carbocycles.